The number of carbonyl (C=O) groups excluding carboxylic acids is 1. The Morgan fingerprint density at radius 2 is 2.14 bits per heavy atom. The zero-order valence-electron chi connectivity index (χ0n) is 12.4. The van der Waals surface area contributed by atoms with E-state index >= 15 is 0 Å². The zero-order valence-corrected chi connectivity index (χ0v) is 12.4. The molecule has 1 aromatic heterocycles. The van der Waals surface area contributed by atoms with E-state index in [1.54, 1.807) is 0 Å². The van der Waals surface area contributed by atoms with Crippen molar-refractivity contribution in [2.75, 3.05) is 11.9 Å². The van der Waals surface area contributed by atoms with E-state index in [0.717, 1.165) is 23.0 Å². The minimum absolute atomic E-state index is 0.247. The fourth-order valence-electron chi connectivity index (χ4n) is 2.16. The molecule has 0 saturated carbocycles. The van der Waals surface area contributed by atoms with Crippen molar-refractivity contribution in [2.45, 2.75) is 32.8 Å². The molecule has 3 N–H and O–H groups in total. The minimum Gasteiger partial charge on any atom is -0.391 e. The molecule has 0 saturated heterocycles. The highest BCUT2D eigenvalue weighted by molar-refractivity contribution is 5.99. The first kappa shape index (κ1) is 15.3. The van der Waals surface area contributed by atoms with E-state index in [1.165, 1.54) is 0 Å². The average Bonchev–Trinajstić information content (AvgIpc) is 2.46. The Kier molecular flexibility index (Phi) is 5.11. The quantitative estimate of drug-likeness (QED) is 0.791. The van der Waals surface area contributed by atoms with Crippen molar-refractivity contribution in [1.82, 2.24) is 10.3 Å². The number of aliphatic hydroxyl groups is 1. The van der Waals surface area contributed by atoms with Crippen LogP contribution in [0.1, 0.15) is 25.5 Å². The van der Waals surface area contributed by atoms with Gasteiger partial charge >= 0.3 is 6.03 Å². The second kappa shape index (κ2) is 7.04. The molecule has 112 valence electrons. The van der Waals surface area contributed by atoms with Gasteiger partial charge in [-0.15, -0.1) is 0 Å². The van der Waals surface area contributed by atoms with Gasteiger partial charge in [0.1, 0.15) is 0 Å². The van der Waals surface area contributed by atoms with Gasteiger partial charge in [0, 0.05) is 17.6 Å². The summed E-state index contributed by atoms with van der Waals surface area (Å²) >= 11 is 0. The van der Waals surface area contributed by atoms with E-state index in [4.69, 9.17) is 0 Å². The highest BCUT2D eigenvalue weighted by Gasteiger charge is 2.08. The van der Waals surface area contributed by atoms with Gasteiger partial charge in [0.2, 0.25) is 0 Å². The second-order valence-corrected chi connectivity index (χ2v) is 5.11. The van der Waals surface area contributed by atoms with Gasteiger partial charge in [0.25, 0.3) is 0 Å². The number of nitrogens with one attached hydrogen (secondary N) is 2. The summed E-state index contributed by atoms with van der Waals surface area (Å²) < 4.78 is 0. The number of para-hydroxylation sites is 1. The first-order valence-electron chi connectivity index (χ1n) is 7.19. The highest BCUT2D eigenvalue weighted by Crippen LogP contribution is 2.21. The number of aliphatic hydroxyl groups excluding tert-OH is 1. The Balaban J connectivity index is 2.05. The number of anilines is 1. The van der Waals surface area contributed by atoms with Crippen molar-refractivity contribution in [1.29, 1.82) is 0 Å². The maximum Gasteiger partial charge on any atom is 0.319 e. The second-order valence-electron chi connectivity index (χ2n) is 5.11. The Bertz CT molecular complexity index is 628. The van der Waals surface area contributed by atoms with Crippen LogP contribution in [0.15, 0.2) is 30.3 Å². The van der Waals surface area contributed by atoms with Crippen molar-refractivity contribution in [2.24, 2.45) is 0 Å². The summed E-state index contributed by atoms with van der Waals surface area (Å²) in [4.78, 5) is 16.4. The van der Waals surface area contributed by atoms with E-state index in [0.29, 0.717) is 12.1 Å². The smallest absolute Gasteiger partial charge is 0.319 e. The predicted molar refractivity (Wildman–Crippen MR) is 84.4 cm³/mol. The van der Waals surface area contributed by atoms with E-state index < -0.39 is 6.10 Å². The molecule has 2 rings (SSSR count). The van der Waals surface area contributed by atoms with Crippen molar-refractivity contribution in [3.63, 3.8) is 0 Å². The van der Waals surface area contributed by atoms with Crippen molar-refractivity contribution in [3.05, 3.63) is 36.0 Å². The van der Waals surface area contributed by atoms with Gasteiger partial charge in [0.05, 0.1) is 17.3 Å². The van der Waals surface area contributed by atoms with Crippen molar-refractivity contribution in [3.8, 4) is 0 Å². The van der Waals surface area contributed by atoms with Crippen LogP contribution >= 0.6 is 0 Å². The van der Waals surface area contributed by atoms with Gasteiger partial charge in [-0.25, -0.2) is 4.79 Å². The number of pyridine rings is 1. The van der Waals surface area contributed by atoms with Gasteiger partial charge in [-0.2, -0.15) is 0 Å². The number of amides is 2. The summed E-state index contributed by atoms with van der Waals surface area (Å²) in [5.74, 6) is 0. The molecule has 1 aromatic carbocycles. The molecule has 21 heavy (non-hydrogen) atoms. The molecule has 1 unspecified atom stereocenters. The van der Waals surface area contributed by atoms with Crippen molar-refractivity contribution < 1.29 is 9.90 Å². The summed E-state index contributed by atoms with van der Waals surface area (Å²) in [5.41, 5.74) is 2.33. The molecule has 0 spiro atoms. The normalized spacial score (nSPS) is 12.1. The Hall–Kier alpha value is -2.14. The van der Waals surface area contributed by atoms with Crippen LogP contribution in [-0.4, -0.2) is 28.8 Å². The van der Waals surface area contributed by atoms with Crippen LogP contribution < -0.4 is 10.6 Å². The van der Waals surface area contributed by atoms with Crippen LogP contribution in [0.25, 0.3) is 10.9 Å². The summed E-state index contributed by atoms with van der Waals surface area (Å²) in [5, 5.41) is 16.0. The van der Waals surface area contributed by atoms with Gasteiger partial charge in [-0.05, 0) is 25.5 Å². The number of hydrogen-bond donors (Lipinski definition) is 3. The number of rotatable bonds is 5. The molecule has 0 aliphatic carbocycles. The van der Waals surface area contributed by atoms with E-state index in [9.17, 15) is 9.90 Å². The minimum atomic E-state index is -0.506. The molecule has 1 atom stereocenters. The number of urea groups is 1. The van der Waals surface area contributed by atoms with E-state index in [-0.39, 0.29) is 12.6 Å². The van der Waals surface area contributed by atoms with Gasteiger partial charge < -0.3 is 15.7 Å². The molecule has 0 radical (unpaired) electrons. The van der Waals surface area contributed by atoms with Crippen LogP contribution in [0, 0.1) is 6.92 Å². The van der Waals surface area contributed by atoms with Crippen LogP contribution in [0.3, 0.4) is 0 Å². The van der Waals surface area contributed by atoms with Gasteiger partial charge in [-0.3, -0.25) is 4.98 Å². The molecular weight excluding hydrogens is 266 g/mol. The topological polar surface area (TPSA) is 74.2 Å². The lowest BCUT2D eigenvalue weighted by molar-refractivity contribution is 0.162. The largest absolute Gasteiger partial charge is 0.391 e. The zero-order chi connectivity index (χ0) is 15.2. The number of fused-ring (bicyclic) bond motifs is 1. The highest BCUT2D eigenvalue weighted by atomic mass is 16.3. The number of hydrogen-bond acceptors (Lipinski definition) is 3. The SMILES string of the molecule is CCCC(O)CNC(=O)Nc1cccc2ccc(C)nc12. The number of carbonyl (C=O) groups is 1. The molecule has 5 nitrogen and oxygen atoms in total. The van der Waals surface area contributed by atoms with Gasteiger partial charge in [-0.1, -0.05) is 31.5 Å². The summed E-state index contributed by atoms with van der Waals surface area (Å²) in [6.45, 7) is 4.15. The Morgan fingerprint density at radius 1 is 1.33 bits per heavy atom. The molecule has 2 amide bonds. The number of benzene rings is 1. The molecule has 0 bridgehead atoms. The molecule has 0 aliphatic rings. The first-order chi connectivity index (χ1) is 10.1. The number of nitrogens with zero attached hydrogens (tertiary/aromatic N) is 1. The Labute approximate surface area is 124 Å². The van der Waals surface area contributed by atoms with Crippen LogP contribution in [0.2, 0.25) is 0 Å². The van der Waals surface area contributed by atoms with E-state index in [1.807, 2.05) is 44.2 Å². The monoisotopic (exact) mass is 287 g/mol. The summed E-state index contributed by atoms with van der Waals surface area (Å²) in [6, 6.07) is 9.23. The fourth-order valence-corrected chi connectivity index (χ4v) is 2.16. The van der Waals surface area contributed by atoms with Crippen LogP contribution in [-0.2, 0) is 0 Å². The van der Waals surface area contributed by atoms with Crippen molar-refractivity contribution >= 4 is 22.6 Å². The third-order valence-corrected chi connectivity index (χ3v) is 3.23. The molecular formula is C16H21N3O2. The lowest BCUT2D eigenvalue weighted by atomic mass is 10.2. The molecule has 2 aromatic rings. The Morgan fingerprint density at radius 3 is 2.90 bits per heavy atom. The summed E-state index contributed by atoms with van der Waals surface area (Å²) in [6.07, 6.45) is 1.06. The lowest BCUT2D eigenvalue weighted by Crippen LogP contribution is -2.35. The van der Waals surface area contributed by atoms with Crippen LogP contribution in [0.4, 0.5) is 10.5 Å². The first-order valence-corrected chi connectivity index (χ1v) is 7.19. The average molecular weight is 287 g/mol. The maximum atomic E-state index is 11.9. The van der Waals surface area contributed by atoms with E-state index in [2.05, 4.69) is 15.6 Å². The number of aryl methyl sites for hydroxylation is 1. The summed E-state index contributed by atoms with van der Waals surface area (Å²) in [7, 11) is 0. The third-order valence-electron chi connectivity index (χ3n) is 3.23. The molecule has 0 aliphatic heterocycles. The molecule has 1 heterocycles. The lowest BCUT2D eigenvalue weighted by Gasteiger charge is -2.12. The predicted octanol–water partition coefficient (Wildman–Crippen LogP) is 2.83. The maximum absolute atomic E-state index is 11.9. The fraction of sp³-hybridized carbons (Fsp3) is 0.375. The molecule has 0 fully saturated rings. The van der Waals surface area contributed by atoms with Crippen LogP contribution in [0.5, 0.6) is 0 Å². The number of aromatic nitrogens is 1. The standard InChI is InChI=1S/C16H21N3O2/c1-3-5-13(20)10-17-16(21)19-14-7-4-6-12-9-8-11(2)18-15(12)14/h4,6-9,13,20H,3,5,10H2,1-2H3,(H2,17,19,21). The third kappa shape index (κ3) is 4.16. The molecule has 5 heteroatoms. The van der Waals surface area contributed by atoms with Gasteiger partial charge in [0.15, 0.2) is 0 Å².